The fourth-order valence-electron chi connectivity index (χ4n) is 1.01. The second-order valence-electron chi connectivity index (χ2n) is 3.51. The lowest BCUT2D eigenvalue weighted by molar-refractivity contribution is 0.160. The van der Waals surface area contributed by atoms with Gasteiger partial charge in [0.2, 0.25) is 0 Å². The quantitative estimate of drug-likeness (QED) is 0.836. The van der Waals surface area contributed by atoms with Crippen LogP contribution in [0.4, 0.5) is 0 Å². The maximum atomic E-state index is 11.5. The van der Waals surface area contributed by atoms with Crippen LogP contribution >= 0.6 is 0 Å². The summed E-state index contributed by atoms with van der Waals surface area (Å²) >= 11 is -1.42. The van der Waals surface area contributed by atoms with Crippen LogP contribution in [-0.2, 0) is 15.3 Å². The Morgan fingerprint density at radius 2 is 2.00 bits per heavy atom. The molecule has 15 heavy (non-hydrogen) atoms. The molecule has 1 aromatic carbocycles. The summed E-state index contributed by atoms with van der Waals surface area (Å²) in [6.07, 6.45) is 0.0810. The highest BCUT2D eigenvalue weighted by molar-refractivity contribution is 7.80. The summed E-state index contributed by atoms with van der Waals surface area (Å²) in [7, 11) is 0. The second-order valence-corrected chi connectivity index (χ2v) is 4.68. The van der Waals surface area contributed by atoms with E-state index in [0.29, 0.717) is 17.9 Å². The van der Waals surface area contributed by atoms with Crippen LogP contribution in [0.3, 0.4) is 0 Å². The van der Waals surface area contributed by atoms with Crippen LogP contribution in [-0.4, -0.2) is 22.0 Å². The summed E-state index contributed by atoms with van der Waals surface area (Å²) in [5.74, 6) is 0. The maximum absolute atomic E-state index is 11.5. The zero-order valence-electron chi connectivity index (χ0n) is 8.97. The van der Waals surface area contributed by atoms with Crippen molar-refractivity contribution in [1.82, 2.24) is 0 Å². The number of aryl methyl sites for hydroxylation is 1. The van der Waals surface area contributed by atoms with E-state index in [2.05, 4.69) is 0 Å². The third kappa shape index (κ3) is 4.55. The van der Waals surface area contributed by atoms with Crippen molar-refractivity contribution >= 4 is 11.1 Å². The molecule has 1 unspecified atom stereocenters. The van der Waals surface area contributed by atoms with Gasteiger partial charge in [0.15, 0.2) is 11.1 Å². The molecule has 1 aromatic rings. The lowest BCUT2D eigenvalue weighted by Gasteiger charge is -2.05. The van der Waals surface area contributed by atoms with Crippen LogP contribution in [0.5, 0.6) is 0 Å². The van der Waals surface area contributed by atoms with Crippen LogP contribution in [0.2, 0.25) is 0 Å². The van der Waals surface area contributed by atoms with Gasteiger partial charge in [0.25, 0.3) is 0 Å². The van der Waals surface area contributed by atoms with Crippen LogP contribution in [0.15, 0.2) is 29.2 Å². The average Bonchev–Trinajstić information content (AvgIpc) is 2.18. The van der Waals surface area contributed by atoms with Crippen molar-refractivity contribution in [1.29, 1.82) is 0 Å². The third-order valence-electron chi connectivity index (χ3n) is 1.94. The van der Waals surface area contributed by atoms with E-state index in [9.17, 15) is 4.21 Å². The molecule has 0 saturated heterocycles. The van der Waals surface area contributed by atoms with Gasteiger partial charge in [-0.3, -0.25) is 4.18 Å². The lowest BCUT2D eigenvalue weighted by atomic mass is 10.2. The average molecular weight is 228 g/mol. The number of rotatable bonds is 5. The second kappa shape index (κ2) is 6.00. The van der Waals surface area contributed by atoms with Gasteiger partial charge in [0.1, 0.15) is 0 Å². The molecule has 0 saturated carbocycles. The molecule has 3 nitrogen and oxygen atoms in total. The zero-order chi connectivity index (χ0) is 11.3. The molecule has 0 bridgehead atoms. The molecule has 0 aromatic heterocycles. The van der Waals surface area contributed by atoms with Crippen molar-refractivity contribution in [3.8, 4) is 0 Å². The maximum Gasteiger partial charge on any atom is 0.189 e. The fourth-order valence-corrected chi connectivity index (χ4v) is 1.75. The molecule has 0 radical (unpaired) electrons. The molecular formula is C11H16O3S. The van der Waals surface area contributed by atoms with E-state index >= 15 is 0 Å². The topological polar surface area (TPSA) is 46.5 Å². The summed E-state index contributed by atoms with van der Waals surface area (Å²) in [4.78, 5) is 0.659. The first-order valence-electron chi connectivity index (χ1n) is 4.89. The third-order valence-corrected chi connectivity index (χ3v) is 2.98. The van der Waals surface area contributed by atoms with Crippen molar-refractivity contribution in [3.05, 3.63) is 29.8 Å². The largest absolute Gasteiger partial charge is 0.393 e. The molecule has 0 spiro atoms. The molecule has 0 aliphatic rings. The zero-order valence-corrected chi connectivity index (χ0v) is 9.79. The fraction of sp³-hybridized carbons (Fsp3) is 0.455. The number of aliphatic hydroxyl groups is 1. The molecule has 0 heterocycles. The Morgan fingerprint density at radius 3 is 2.53 bits per heavy atom. The highest BCUT2D eigenvalue weighted by Gasteiger charge is 2.04. The van der Waals surface area contributed by atoms with Crippen molar-refractivity contribution in [2.24, 2.45) is 0 Å². The normalized spacial score (nSPS) is 14.9. The summed E-state index contributed by atoms with van der Waals surface area (Å²) in [5.41, 5.74) is 1.12. The molecule has 4 heteroatoms. The highest BCUT2D eigenvalue weighted by Crippen LogP contribution is 2.09. The van der Waals surface area contributed by atoms with Gasteiger partial charge in [-0.1, -0.05) is 17.7 Å². The Morgan fingerprint density at radius 1 is 1.40 bits per heavy atom. The van der Waals surface area contributed by atoms with E-state index in [0.717, 1.165) is 5.56 Å². The van der Waals surface area contributed by atoms with Gasteiger partial charge in [-0.25, -0.2) is 4.21 Å². The van der Waals surface area contributed by atoms with Crippen LogP contribution in [0.1, 0.15) is 18.9 Å². The van der Waals surface area contributed by atoms with Gasteiger partial charge in [-0.15, -0.1) is 0 Å². The molecule has 0 aliphatic carbocycles. The Labute approximate surface area is 92.7 Å². The first-order chi connectivity index (χ1) is 7.09. The monoisotopic (exact) mass is 228 g/mol. The Hall–Kier alpha value is -0.710. The van der Waals surface area contributed by atoms with Crippen LogP contribution in [0.25, 0.3) is 0 Å². The Balaban J connectivity index is 2.43. The minimum absolute atomic E-state index is 0.304. The van der Waals surface area contributed by atoms with Gasteiger partial charge >= 0.3 is 0 Å². The first kappa shape index (κ1) is 12.4. The van der Waals surface area contributed by atoms with Gasteiger partial charge in [0, 0.05) is 0 Å². The first-order valence-corrected chi connectivity index (χ1v) is 5.97. The van der Waals surface area contributed by atoms with Gasteiger partial charge < -0.3 is 5.11 Å². The van der Waals surface area contributed by atoms with Gasteiger partial charge in [-0.05, 0) is 32.4 Å². The minimum atomic E-state index is -1.42. The summed E-state index contributed by atoms with van der Waals surface area (Å²) < 4.78 is 16.6. The molecule has 0 fully saturated rings. The molecular weight excluding hydrogens is 212 g/mol. The summed E-state index contributed by atoms with van der Waals surface area (Å²) in [6, 6.07) is 7.36. The minimum Gasteiger partial charge on any atom is -0.393 e. The lowest BCUT2D eigenvalue weighted by Crippen LogP contribution is -2.07. The van der Waals surface area contributed by atoms with Gasteiger partial charge in [0.05, 0.1) is 17.6 Å². The van der Waals surface area contributed by atoms with E-state index in [1.165, 1.54) is 0 Å². The van der Waals surface area contributed by atoms with Gasteiger partial charge in [-0.2, -0.15) is 0 Å². The van der Waals surface area contributed by atoms with Crippen molar-refractivity contribution in [3.63, 3.8) is 0 Å². The number of hydrogen-bond donors (Lipinski definition) is 1. The predicted octanol–water partition coefficient (Wildman–Crippen LogP) is 1.81. The molecule has 2 atom stereocenters. The molecule has 0 amide bonds. The number of benzene rings is 1. The molecule has 1 rings (SSSR count). The number of hydrogen-bond acceptors (Lipinski definition) is 3. The summed E-state index contributed by atoms with van der Waals surface area (Å²) in [6.45, 7) is 3.96. The van der Waals surface area contributed by atoms with E-state index in [1.54, 1.807) is 19.1 Å². The van der Waals surface area contributed by atoms with Crippen molar-refractivity contribution < 1.29 is 13.5 Å². The smallest absolute Gasteiger partial charge is 0.189 e. The van der Waals surface area contributed by atoms with E-state index in [1.807, 2.05) is 19.1 Å². The SMILES string of the molecule is Cc1ccc(S(=O)OCC[C@@H](C)O)cc1. The molecule has 84 valence electrons. The number of aliphatic hydroxyl groups excluding tert-OH is 1. The van der Waals surface area contributed by atoms with Crippen LogP contribution in [0, 0.1) is 6.92 Å². The van der Waals surface area contributed by atoms with E-state index in [4.69, 9.17) is 9.29 Å². The Kier molecular flexibility index (Phi) is 4.94. The summed E-state index contributed by atoms with van der Waals surface area (Å²) in [5, 5.41) is 8.99. The Bertz CT molecular complexity index is 319. The molecule has 1 N–H and O–H groups in total. The van der Waals surface area contributed by atoms with Crippen molar-refractivity contribution in [2.75, 3.05) is 6.61 Å². The van der Waals surface area contributed by atoms with Crippen LogP contribution < -0.4 is 0 Å². The van der Waals surface area contributed by atoms with E-state index in [-0.39, 0.29) is 0 Å². The highest BCUT2D eigenvalue weighted by atomic mass is 32.2. The van der Waals surface area contributed by atoms with E-state index < -0.39 is 17.2 Å². The predicted molar refractivity (Wildman–Crippen MR) is 59.8 cm³/mol. The standard InChI is InChI=1S/C11H16O3S/c1-9-3-5-11(6-4-9)15(13)14-8-7-10(2)12/h3-6,10,12H,7-8H2,1-2H3/t10-,15?/m1/s1. The molecule has 0 aliphatic heterocycles. The van der Waals surface area contributed by atoms with Crippen molar-refractivity contribution in [2.45, 2.75) is 31.3 Å².